The summed E-state index contributed by atoms with van der Waals surface area (Å²) in [6.45, 7) is 2.97. The van der Waals surface area contributed by atoms with Crippen molar-refractivity contribution in [2.75, 3.05) is 0 Å². The first-order chi connectivity index (χ1) is 10.1. The lowest BCUT2D eigenvalue weighted by atomic mass is 10.0. The number of alkyl halides is 2. The van der Waals surface area contributed by atoms with Crippen LogP contribution in [-0.2, 0) is 6.54 Å². The van der Waals surface area contributed by atoms with Crippen molar-refractivity contribution in [1.82, 2.24) is 4.57 Å². The van der Waals surface area contributed by atoms with E-state index in [-0.39, 0.29) is 6.42 Å². The van der Waals surface area contributed by atoms with E-state index in [2.05, 4.69) is 23.6 Å². The van der Waals surface area contributed by atoms with E-state index in [1.807, 2.05) is 30.3 Å². The van der Waals surface area contributed by atoms with Crippen LogP contribution < -0.4 is 5.73 Å². The lowest BCUT2D eigenvalue weighted by Crippen LogP contribution is -2.13. The molecule has 0 aliphatic heterocycles. The molecular weight excluding hydrogens is 270 g/mol. The molecule has 1 atom stereocenters. The number of hydrogen-bond acceptors (Lipinski definition) is 1. The molecule has 0 spiro atoms. The van der Waals surface area contributed by atoms with E-state index in [1.54, 1.807) is 0 Å². The summed E-state index contributed by atoms with van der Waals surface area (Å²) in [5.74, 6) is 0. The van der Waals surface area contributed by atoms with Crippen molar-refractivity contribution < 1.29 is 8.78 Å². The summed E-state index contributed by atoms with van der Waals surface area (Å²) in [4.78, 5) is 0. The van der Waals surface area contributed by atoms with Gasteiger partial charge in [0.2, 0.25) is 6.43 Å². The number of hydrogen-bond donors (Lipinski definition) is 1. The lowest BCUT2D eigenvalue weighted by molar-refractivity contribution is 0.128. The van der Waals surface area contributed by atoms with Gasteiger partial charge in [-0.1, -0.05) is 24.3 Å². The molecule has 2 aromatic carbocycles. The summed E-state index contributed by atoms with van der Waals surface area (Å²) >= 11 is 0. The minimum Gasteiger partial charge on any atom is -0.341 e. The molecule has 2 N–H and O–H groups in total. The van der Waals surface area contributed by atoms with E-state index >= 15 is 0 Å². The zero-order valence-corrected chi connectivity index (χ0v) is 11.9. The van der Waals surface area contributed by atoms with Crippen LogP contribution in [0.1, 0.15) is 24.9 Å². The molecule has 0 fully saturated rings. The quantitative estimate of drug-likeness (QED) is 0.754. The molecular formula is C17H18F2N2. The molecule has 110 valence electrons. The van der Waals surface area contributed by atoms with Gasteiger partial charge in [-0.05, 0) is 30.7 Å². The van der Waals surface area contributed by atoms with Crippen molar-refractivity contribution in [1.29, 1.82) is 0 Å². The van der Waals surface area contributed by atoms with Crippen LogP contribution in [0.4, 0.5) is 8.78 Å². The maximum atomic E-state index is 12.5. The highest BCUT2D eigenvalue weighted by molar-refractivity contribution is 6.08. The van der Waals surface area contributed by atoms with Crippen LogP contribution in [0.15, 0.2) is 42.5 Å². The second-order valence-electron chi connectivity index (χ2n) is 5.27. The zero-order chi connectivity index (χ0) is 15.0. The van der Waals surface area contributed by atoms with Gasteiger partial charge in [0.25, 0.3) is 0 Å². The van der Waals surface area contributed by atoms with E-state index in [0.29, 0.717) is 0 Å². The van der Waals surface area contributed by atoms with E-state index < -0.39 is 12.5 Å². The lowest BCUT2D eigenvalue weighted by Gasteiger charge is -2.12. The van der Waals surface area contributed by atoms with Crippen molar-refractivity contribution in [2.24, 2.45) is 5.73 Å². The van der Waals surface area contributed by atoms with Gasteiger partial charge in [-0.25, -0.2) is 8.78 Å². The summed E-state index contributed by atoms with van der Waals surface area (Å²) in [7, 11) is 0. The fourth-order valence-electron chi connectivity index (χ4n) is 2.97. The molecule has 0 saturated carbocycles. The molecule has 2 nitrogen and oxygen atoms in total. The van der Waals surface area contributed by atoms with Gasteiger partial charge < -0.3 is 10.3 Å². The summed E-state index contributed by atoms with van der Waals surface area (Å²) in [5, 5.41) is 2.22. The van der Waals surface area contributed by atoms with Crippen molar-refractivity contribution in [3.8, 4) is 0 Å². The number of fused-ring (bicyclic) bond motifs is 3. The maximum absolute atomic E-state index is 12.5. The minimum absolute atomic E-state index is 0.308. The van der Waals surface area contributed by atoms with Crippen LogP contribution in [0.5, 0.6) is 0 Å². The number of rotatable bonds is 4. The fourth-order valence-corrected chi connectivity index (χ4v) is 2.97. The van der Waals surface area contributed by atoms with Gasteiger partial charge in [-0.2, -0.15) is 0 Å². The Morgan fingerprint density at radius 1 is 1.05 bits per heavy atom. The smallest absolute Gasteiger partial charge is 0.240 e. The topological polar surface area (TPSA) is 30.9 Å². The van der Waals surface area contributed by atoms with E-state index in [4.69, 9.17) is 5.73 Å². The number of aromatic nitrogens is 1. The van der Waals surface area contributed by atoms with Crippen molar-refractivity contribution in [2.45, 2.75) is 32.4 Å². The molecule has 0 aliphatic rings. The first-order valence-electron chi connectivity index (χ1n) is 7.16. The predicted octanol–water partition coefficient (Wildman–Crippen LogP) is 4.47. The monoisotopic (exact) mass is 288 g/mol. The van der Waals surface area contributed by atoms with Crippen LogP contribution in [0, 0.1) is 0 Å². The van der Waals surface area contributed by atoms with Crippen molar-refractivity contribution >= 4 is 21.8 Å². The number of aryl methyl sites for hydroxylation is 1. The van der Waals surface area contributed by atoms with Gasteiger partial charge in [-0.15, -0.1) is 0 Å². The summed E-state index contributed by atoms with van der Waals surface area (Å²) < 4.78 is 27.3. The van der Waals surface area contributed by atoms with Gasteiger partial charge in [0.1, 0.15) is 0 Å². The highest BCUT2D eigenvalue weighted by Gasteiger charge is 2.15. The second kappa shape index (κ2) is 5.45. The Kier molecular flexibility index (Phi) is 3.64. The van der Waals surface area contributed by atoms with Crippen LogP contribution in [-0.4, -0.2) is 11.0 Å². The number of nitrogens with zero attached hydrogens (tertiary/aromatic N) is 1. The Hall–Kier alpha value is -1.94. The SMILES string of the molecule is CCn1c2ccccc2c2cc([C@H](N)CC(F)F)ccc21. The number of halogens is 2. The Balaban J connectivity index is 2.19. The molecule has 1 aromatic heterocycles. The van der Waals surface area contributed by atoms with E-state index in [1.165, 1.54) is 0 Å². The molecule has 1 heterocycles. The van der Waals surface area contributed by atoms with Crippen LogP contribution >= 0.6 is 0 Å². The predicted molar refractivity (Wildman–Crippen MR) is 82.7 cm³/mol. The van der Waals surface area contributed by atoms with Gasteiger partial charge in [-0.3, -0.25) is 0 Å². The Labute approximate surface area is 122 Å². The average Bonchev–Trinajstić information content (AvgIpc) is 2.79. The van der Waals surface area contributed by atoms with Crippen LogP contribution in [0.25, 0.3) is 21.8 Å². The molecule has 21 heavy (non-hydrogen) atoms. The molecule has 0 saturated heterocycles. The molecule has 0 aliphatic carbocycles. The first-order valence-corrected chi connectivity index (χ1v) is 7.16. The summed E-state index contributed by atoms with van der Waals surface area (Å²) in [6, 6.07) is 13.3. The molecule has 3 aromatic rings. The third kappa shape index (κ3) is 2.40. The molecule has 3 rings (SSSR count). The second-order valence-corrected chi connectivity index (χ2v) is 5.27. The molecule has 0 radical (unpaired) electrons. The van der Waals surface area contributed by atoms with Gasteiger partial charge in [0, 0.05) is 40.8 Å². The Morgan fingerprint density at radius 2 is 1.76 bits per heavy atom. The number of nitrogens with two attached hydrogens (primary N) is 1. The Bertz CT molecular complexity index is 777. The van der Waals surface area contributed by atoms with Crippen molar-refractivity contribution in [3.63, 3.8) is 0 Å². The Morgan fingerprint density at radius 3 is 2.48 bits per heavy atom. The van der Waals surface area contributed by atoms with Gasteiger partial charge >= 0.3 is 0 Å². The summed E-state index contributed by atoms with van der Waals surface area (Å²) in [5.41, 5.74) is 8.93. The molecule has 0 unspecified atom stereocenters. The zero-order valence-electron chi connectivity index (χ0n) is 11.9. The first kappa shape index (κ1) is 14.0. The van der Waals surface area contributed by atoms with Gasteiger partial charge in [0.15, 0.2) is 0 Å². The highest BCUT2D eigenvalue weighted by Crippen LogP contribution is 2.31. The maximum Gasteiger partial charge on any atom is 0.240 e. The number of benzene rings is 2. The molecule has 4 heteroatoms. The fraction of sp³-hybridized carbons (Fsp3) is 0.294. The standard InChI is InChI=1S/C17H18F2N2/c1-2-21-15-6-4-3-5-12(15)13-9-11(7-8-16(13)21)14(20)10-17(18)19/h3-9,14,17H,2,10,20H2,1H3/t14-/m1/s1. The highest BCUT2D eigenvalue weighted by atomic mass is 19.3. The van der Waals surface area contributed by atoms with Gasteiger partial charge in [0.05, 0.1) is 0 Å². The minimum atomic E-state index is -2.38. The van der Waals surface area contributed by atoms with E-state index in [9.17, 15) is 8.78 Å². The van der Waals surface area contributed by atoms with Crippen LogP contribution in [0.2, 0.25) is 0 Å². The largest absolute Gasteiger partial charge is 0.341 e. The molecule has 0 amide bonds. The third-order valence-electron chi connectivity index (χ3n) is 3.97. The number of para-hydroxylation sites is 1. The van der Waals surface area contributed by atoms with Crippen molar-refractivity contribution in [3.05, 3.63) is 48.0 Å². The average molecular weight is 288 g/mol. The van der Waals surface area contributed by atoms with Crippen LogP contribution in [0.3, 0.4) is 0 Å². The molecule has 0 bridgehead atoms. The van der Waals surface area contributed by atoms with E-state index in [0.717, 1.165) is 33.9 Å². The normalized spacial score (nSPS) is 13.4. The third-order valence-corrected chi connectivity index (χ3v) is 3.97. The summed E-state index contributed by atoms with van der Waals surface area (Å²) in [6.07, 6.45) is -2.69.